The van der Waals surface area contributed by atoms with Gasteiger partial charge in [0.2, 0.25) is 0 Å². The summed E-state index contributed by atoms with van der Waals surface area (Å²) < 4.78 is 1.83. The SMILES string of the molecule is CCNC(=NCc1ccccc1Cl)NCCCc1cnn(C)c1.I. The molecule has 1 aromatic carbocycles. The van der Waals surface area contributed by atoms with Crippen molar-refractivity contribution in [3.63, 3.8) is 0 Å². The minimum atomic E-state index is 0. The van der Waals surface area contributed by atoms with Crippen LogP contribution in [0.1, 0.15) is 24.5 Å². The molecule has 0 amide bonds. The van der Waals surface area contributed by atoms with Crippen molar-refractivity contribution in [2.75, 3.05) is 13.1 Å². The van der Waals surface area contributed by atoms with E-state index in [1.165, 1.54) is 5.56 Å². The number of rotatable bonds is 7. The van der Waals surface area contributed by atoms with Gasteiger partial charge in [0.25, 0.3) is 0 Å². The number of hydrogen-bond acceptors (Lipinski definition) is 2. The predicted molar refractivity (Wildman–Crippen MR) is 111 cm³/mol. The fourth-order valence-electron chi connectivity index (χ4n) is 2.23. The molecule has 0 unspecified atom stereocenters. The summed E-state index contributed by atoms with van der Waals surface area (Å²) in [5.74, 6) is 0.818. The highest BCUT2D eigenvalue weighted by Crippen LogP contribution is 2.15. The lowest BCUT2D eigenvalue weighted by molar-refractivity contribution is 0.740. The molecular weight excluding hydrogens is 437 g/mol. The molecule has 24 heavy (non-hydrogen) atoms. The van der Waals surface area contributed by atoms with Gasteiger partial charge in [-0.25, -0.2) is 4.99 Å². The lowest BCUT2D eigenvalue weighted by Crippen LogP contribution is -2.37. The number of aromatic nitrogens is 2. The summed E-state index contributed by atoms with van der Waals surface area (Å²) in [5, 5.41) is 11.5. The van der Waals surface area contributed by atoms with Crippen molar-refractivity contribution in [3.8, 4) is 0 Å². The first-order valence-corrected chi connectivity index (χ1v) is 8.30. The Labute approximate surface area is 165 Å². The fourth-order valence-corrected chi connectivity index (χ4v) is 2.43. The Morgan fingerprint density at radius 3 is 2.75 bits per heavy atom. The minimum absolute atomic E-state index is 0. The standard InChI is InChI=1S/C17H24ClN5.HI/c1-3-19-17(21-12-15-8-4-5-9-16(15)18)20-10-6-7-14-11-22-23(2)13-14;/h4-5,8-9,11,13H,3,6-7,10,12H2,1-2H3,(H2,19,20,21);1H. The van der Waals surface area contributed by atoms with E-state index in [0.717, 1.165) is 42.5 Å². The minimum Gasteiger partial charge on any atom is -0.357 e. The van der Waals surface area contributed by atoms with Crippen LogP contribution in [0.15, 0.2) is 41.7 Å². The molecule has 2 N–H and O–H groups in total. The maximum atomic E-state index is 6.16. The molecule has 0 aliphatic heterocycles. The van der Waals surface area contributed by atoms with Gasteiger partial charge >= 0.3 is 0 Å². The molecule has 0 spiro atoms. The van der Waals surface area contributed by atoms with Crippen molar-refractivity contribution < 1.29 is 0 Å². The van der Waals surface area contributed by atoms with Crippen LogP contribution < -0.4 is 10.6 Å². The highest BCUT2D eigenvalue weighted by molar-refractivity contribution is 14.0. The van der Waals surface area contributed by atoms with Crippen molar-refractivity contribution >= 4 is 41.5 Å². The van der Waals surface area contributed by atoms with Crippen LogP contribution in [0, 0.1) is 0 Å². The molecule has 0 radical (unpaired) electrons. The largest absolute Gasteiger partial charge is 0.357 e. The Morgan fingerprint density at radius 1 is 1.29 bits per heavy atom. The van der Waals surface area contributed by atoms with E-state index in [9.17, 15) is 0 Å². The van der Waals surface area contributed by atoms with Gasteiger partial charge < -0.3 is 10.6 Å². The molecule has 1 aromatic heterocycles. The monoisotopic (exact) mass is 461 g/mol. The molecule has 132 valence electrons. The fraction of sp³-hybridized carbons (Fsp3) is 0.412. The van der Waals surface area contributed by atoms with Gasteiger partial charge in [0, 0.05) is 31.4 Å². The molecule has 0 bridgehead atoms. The zero-order valence-corrected chi connectivity index (χ0v) is 17.2. The molecule has 2 aromatic rings. The van der Waals surface area contributed by atoms with Crippen molar-refractivity contribution in [3.05, 3.63) is 52.8 Å². The summed E-state index contributed by atoms with van der Waals surface area (Å²) in [7, 11) is 1.94. The number of halogens is 2. The first kappa shape index (κ1) is 20.8. The maximum Gasteiger partial charge on any atom is 0.191 e. The lowest BCUT2D eigenvalue weighted by Gasteiger charge is -2.11. The molecule has 0 aliphatic rings. The van der Waals surface area contributed by atoms with Gasteiger partial charge in [-0.15, -0.1) is 24.0 Å². The summed E-state index contributed by atoms with van der Waals surface area (Å²) in [5.41, 5.74) is 2.29. The Kier molecular flexibility index (Phi) is 9.78. The van der Waals surface area contributed by atoms with E-state index in [-0.39, 0.29) is 24.0 Å². The third kappa shape index (κ3) is 7.09. The molecule has 0 saturated heterocycles. The average Bonchev–Trinajstić information content (AvgIpc) is 2.96. The lowest BCUT2D eigenvalue weighted by atomic mass is 10.2. The predicted octanol–water partition coefficient (Wildman–Crippen LogP) is 3.38. The van der Waals surface area contributed by atoms with Crippen LogP contribution in [-0.2, 0) is 20.0 Å². The van der Waals surface area contributed by atoms with E-state index in [1.807, 2.05) is 42.2 Å². The van der Waals surface area contributed by atoms with Gasteiger partial charge in [0.15, 0.2) is 5.96 Å². The van der Waals surface area contributed by atoms with Crippen molar-refractivity contribution in [2.45, 2.75) is 26.3 Å². The van der Waals surface area contributed by atoms with Crippen molar-refractivity contribution in [2.24, 2.45) is 12.0 Å². The van der Waals surface area contributed by atoms with Crippen LogP contribution in [0.4, 0.5) is 0 Å². The Bertz CT molecular complexity index is 641. The van der Waals surface area contributed by atoms with Gasteiger partial charge in [-0.3, -0.25) is 4.68 Å². The van der Waals surface area contributed by atoms with E-state index in [4.69, 9.17) is 11.6 Å². The van der Waals surface area contributed by atoms with Gasteiger partial charge in [0.05, 0.1) is 12.7 Å². The zero-order valence-electron chi connectivity index (χ0n) is 14.1. The first-order chi connectivity index (χ1) is 11.2. The smallest absolute Gasteiger partial charge is 0.191 e. The summed E-state index contributed by atoms with van der Waals surface area (Å²) in [6, 6.07) is 7.79. The molecule has 5 nitrogen and oxygen atoms in total. The van der Waals surface area contributed by atoms with Crippen LogP contribution in [0.3, 0.4) is 0 Å². The highest BCUT2D eigenvalue weighted by atomic mass is 127. The normalized spacial score (nSPS) is 11.0. The molecule has 0 saturated carbocycles. The topological polar surface area (TPSA) is 54.2 Å². The van der Waals surface area contributed by atoms with Crippen LogP contribution in [-0.4, -0.2) is 28.8 Å². The molecule has 2 rings (SSSR count). The van der Waals surface area contributed by atoms with Gasteiger partial charge in [0.1, 0.15) is 0 Å². The summed E-state index contributed by atoms with van der Waals surface area (Å²) >= 11 is 6.16. The highest BCUT2D eigenvalue weighted by Gasteiger charge is 2.01. The van der Waals surface area contributed by atoms with Gasteiger partial charge in [-0.05, 0) is 37.0 Å². The van der Waals surface area contributed by atoms with Gasteiger partial charge in [-0.1, -0.05) is 29.8 Å². The van der Waals surface area contributed by atoms with Gasteiger partial charge in [-0.2, -0.15) is 5.10 Å². The van der Waals surface area contributed by atoms with Crippen molar-refractivity contribution in [1.82, 2.24) is 20.4 Å². The summed E-state index contributed by atoms with van der Waals surface area (Å²) in [4.78, 5) is 4.59. The Balaban J connectivity index is 0.00000288. The van der Waals surface area contributed by atoms with Crippen molar-refractivity contribution in [1.29, 1.82) is 0 Å². The maximum absolute atomic E-state index is 6.16. The molecule has 0 atom stereocenters. The second-order valence-electron chi connectivity index (χ2n) is 5.34. The molecule has 0 fully saturated rings. The van der Waals surface area contributed by atoms with Crippen LogP contribution in [0.25, 0.3) is 0 Å². The number of aliphatic imine (C=N–C) groups is 1. The number of aryl methyl sites for hydroxylation is 2. The molecule has 0 aliphatic carbocycles. The first-order valence-electron chi connectivity index (χ1n) is 7.92. The second kappa shape index (κ2) is 11.3. The van der Waals surface area contributed by atoms with E-state index >= 15 is 0 Å². The summed E-state index contributed by atoms with van der Waals surface area (Å²) in [6.07, 6.45) is 6.00. The number of benzene rings is 1. The number of guanidine groups is 1. The summed E-state index contributed by atoms with van der Waals surface area (Å²) in [6.45, 7) is 4.32. The third-order valence-electron chi connectivity index (χ3n) is 3.40. The molecular formula is C17H25ClIN5. The van der Waals surface area contributed by atoms with E-state index in [1.54, 1.807) is 0 Å². The number of nitrogens with one attached hydrogen (secondary N) is 2. The molecule has 7 heteroatoms. The average molecular weight is 462 g/mol. The number of hydrogen-bond donors (Lipinski definition) is 2. The van der Waals surface area contributed by atoms with Crippen LogP contribution >= 0.6 is 35.6 Å². The van der Waals surface area contributed by atoms with Crippen LogP contribution in [0.2, 0.25) is 5.02 Å². The van der Waals surface area contributed by atoms with Crippen LogP contribution in [0.5, 0.6) is 0 Å². The van der Waals surface area contributed by atoms with E-state index < -0.39 is 0 Å². The van der Waals surface area contributed by atoms with E-state index in [2.05, 4.69) is 33.8 Å². The second-order valence-corrected chi connectivity index (χ2v) is 5.75. The van der Waals surface area contributed by atoms with E-state index in [0.29, 0.717) is 6.54 Å². The zero-order chi connectivity index (χ0) is 16.5. The molecule has 1 heterocycles. The Hall–Kier alpha value is -1.28. The Morgan fingerprint density at radius 2 is 2.08 bits per heavy atom. The quantitative estimate of drug-likeness (QED) is 0.288. The third-order valence-corrected chi connectivity index (χ3v) is 3.77. The number of nitrogens with zero attached hydrogens (tertiary/aromatic N) is 3.